The van der Waals surface area contributed by atoms with E-state index >= 15 is 0 Å². The van der Waals surface area contributed by atoms with Gasteiger partial charge in [0, 0.05) is 18.4 Å². The standard InChI is InChI=1S/C16H23NO/c1-4-17-8-7-15-11-14-6-5-13(9-12(2)3)10-16(14)18-15/h5-6,10-12,17H,4,7-9H2,1-3H3. The summed E-state index contributed by atoms with van der Waals surface area (Å²) in [6, 6.07) is 8.73. The fourth-order valence-corrected chi connectivity index (χ4v) is 2.24. The molecule has 0 fully saturated rings. The molecule has 2 rings (SSSR count). The smallest absolute Gasteiger partial charge is 0.134 e. The van der Waals surface area contributed by atoms with Gasteiger partial charge in [0.2, 0.25) is 0 Å². The number of nitrogens with one attached hydrogen (secondary N) is 1. The zero-order chi connectivity index (χ0) is 13.0. The van der Waals surface area contributed by atoms with E-state index in [0.29, 0.717) is 5.92 Å². The molecule has 2 aromatic rings. The largest absolute Gasteiger partial charge is 0.461 e. The van der Waals surface area contributed by atoms with Gasteiger partial charge in [-0.1, -0.05) is 32.9 Å². The van der Waals surface area contributed by atoms with Gasteiger partial charge in [-0.05, 0) is 36.6 Å². The fourth-order valence-electron chi connectivity index (χ4n) is 2.24. The Morgan fingerprint density at radius 3 is 2.78 bits per heavy atom. The summed E-state index contributed by atoms with van der Waals surface area (Å²) in [6.45, 7) is 8.60. The number of likely N-dealkylation sites (N-methyl/N-ethyl adjacent to an activating group) is 1. The number of hydrogen-bond donors (Lipinski definition) is 1. The number of benzene rings is 1. The van der Waals surface area contributed by atoms with Gasteiger partial charge < -0.3 is 9.73 Å². The monoisotopic (exact) mass is 245 g/mol. The van der Waals surface area contributed by atoms with Crippen LogP contribution >= 0.6 is 0 Å². The van der Waals surface area contributed by atoms with Crippen molar-refractivity contribution in [3.63, 3.8) is 0 Å². The number of fused-ring (bicyclic) bond motifs is 1. The van der Waals surface area contributed by atoms with Crippen molar-refractivity contribution >= 4 is 11.0 Å². The van der Waals surface area contributed by atoms with Crippen LogP contribution < -0.4 is 5.32 Å². The Bertz CT molecular complexity index is 499. The Balaban J connectivity index is 2.12. The SMILES string of the molecule is CCNCCc1cc2ccc(CC(C)C)cc2o1. The van der Waals surface area contributed by atoms with Crippen LogP contribution in [0.3, 0.4) is 0 Å². The van der Waals surface area contributed by atoms with Gasteiger partial charge in [-0.3, -0.25) is 0 Å². The number of hydrogen-bond acceptors (Lipinski definition) is 2. The van der Waals surface area contributed by atoms with Gasteiger partial charge in [0.05, 0.1) is 0 Å². The first-order valence-electron chi connectivity index (χ1n) is 6.91. The van der Waals surface area contributed by atoms with Crippen LogP contribution in [0.25, 0.3) is 11.0 Å². The molecule has 0 unspecified atom stereocenters. The minimum Gasteiger partial charge on any atom is -0.461 e. The Kier molecular flexibility index (Phi) is 4.43. The molecular weight excluding hydrogens is 222 g/mol. The van der Waals surface area contributed by atoms with E-state index in [4.69, 9.17) is 4.42 Å². The average molecular weight is 245 g/mol. The van der Waals surface area contributed by atoms with Crippen molar-refractivity contribution in [3.8, 4) is 0 Å². The molecule has 1 N–H and O–H groups in total. The minimum atomic E-state index is 0.686. The van der Waals surface area contributed by atoms with E-state index in [-0.39, 0.29) is 0 Å². The van der Waals surface area contributed by atoms with Gasteiger partial charge in [0.25, 0.3) is 0 Å². The molecule has 0 saturated heterocycles. The summed E-state index contributed by atoms with van der Waals surface area (Å²) in [7, 11) is 0. The van der Waals surface area contributed by atoms with Crippen molar-refractivity contribution < 1.29 is 4.42 Å². The zero-order valence-electron chi connectivity index (χ0n) is 11.6. The first-order valence-corrected chi connectivity index (χ1v) is 6.91. The summed E-state index contributed by atoms with van der Waals surface area (Å²) in [5.74, 6) is 1.76. The molecular formula is C16H23NO. The number of rotatable bonds is 6. The molecule has 1 heterocycles. The maximum atomic E-state index is 5.90. The summed E-state index contributed by atoms with van der Waals surface area (Å²) >= 11 is 0. The molecule has 1 aromatic heterocycles. The first kappa shape index (κ1) is 13.2. The lowest BCUT2D eigenvalue weighted by Crippen LogP contribution is -2.15. The third-order valence-corrected chi connectivity index (χ3v) is 3.08. The van der Waals surface area contributed by atoms with Gasteiger partial charge in [-0.15, -0.1) is 0 Å². The lowest BCUT2D eigenvalue weighted by Gasteiger charge is -2.03. The van der Waals surface area contributed by atoms with Crippen molar-refractivity contribution in [1.82, 2.24) is 5.32 Å². The highest BCUT2D eigenvalue weighted by atomic mass is 16.3. The molecule has 0 spiro atoms. The van der Waals surface area contributed by atoms with Crippen molar-refractivity contribution in [2.45, 2.75) is 33.6 Å². The topological polar surface area (TPSA) is 25.2 Å². The van der Waals surface area contributed by atoms with Gasteiger partial charge in [-0.2, -0.15) is 0 Å². The quantitative estimate of drug-likeness (QED) is 0.783. The maximum Gasteiger partial charge on any atom is 0.134 e. The molecule has 18 heavy (non-hydrogen) atoms. The van der Waals surface area contributed by atoms with Crippen LogP contribution in [0.4, 0.5) is 0 Å². The predicted molar refractivity (Wildman–Crippen MR) is 77.0 cm³/mol. The lowest BCUT2D eigenvalue weighted by atomic mass is 10.0. The third kappa shape index (κ3) is 3.36. The Morgan fingerprint density at radius 1 is 1.22 bits per heavy atom. The molecule has 1 aromatic carbocycles. The Morgan fingerprint density at radius 2 is 2.06 bits per heavy atom. The maximum absolute atomic E-state index is 5.90. The van der Waals surface area contributed by atoms with Crippen LogP contribution in [0.5, 0.6) is 0 Å². The zero-order valence-corrected chi connectivity index (χ0v) is 11.6. The van der Waals surface area contributed by atoms with Crippen LogP contribution in [-0.4, -0.2) is 13.1 Å². The molecule has 2 nitrogen and oxygen atoms in total. The van der Waals surface area contributed by atoms with Gasteiger partial charge in [0.15, 0.2) is 0 Å². The molecule has 0 saturated carbocycles. The van der Waals surface area contributed by atoms with Crippen LogP contribution in [0.15, 0.2) is 28.7 Å². The molecule has 0 aliphatic rings. The van der Waals surface area contributed by atoms with Crippen molar-refractivity contribution in [1.29, 1.82) is 0 Å². The molecule has 0 bridgehead atoms. The second-order valence-corrected chi connectivity index (χ2v) is 5.29. The summed E-state index contributed by atoms with van der Waals surface area (Å²) in [5, 5.41) is 4.54. The van der Waals surface area contributed by atoms with Crippen molar-refractivity contribution in [3.05, 3.63) is 35.6 Å². The van der Waals surface area contributed by atoms with E-state index in [1.807, 2.05) is 0 Å². The molecule has 0 aliphatic carbocycles. The Hall–Kier alpha value is -1.28. The summed E-state index contributed by atoms with van der Waals surface area (Å²) in [6.07, 6.45) is 2.07. The molecule has 2 heteroatoms. The summed E-state index contributed by atoms with van der Waals surface area (Å²) in [5.41, 5.74) is 2.39. The second kappa shape index (κ2) is 6.05. The molecule has 0 amide bonds. The summed E-state index contributed by atoms with van der Waals surface area (Å²) < 4.78 is 5.90. The van der Waals surface area contributed by atoms with Crippen LogP contribution in [0.1, 0.15) is 32.1 Å². The van der Waals surface area contributed by atoms with E-state index in [2.05, 4.69) is 50.4 Å². The molecule has 98 valence electrons. The highest BCUT2D eigenvalue weighted by molar-refractivity contribution is 5.78. The third-order valence-electron chi connectivity index (χ3n) is 3.08. The van der Waals surface area contributed by atoms with Crippen LogP contribution in [0.2, 0.25) is 0 Å². The van der Waals surface area contributed by atoms with E-state index < -0.39 is 0 Å². The second-order valence-electron chi connectivity index (χ2n) is 5.29. The van der Waals surface area contributed by atoms with Crippen LogP contribution in [0, 0.1) is 5.92 Å². The lowest BCUT2D eigenvalue weighted by molar-refractivity contribution is 0.535. The highest BCUT2D eigenvalue weighted by Crippen LogP contribution is 2.22. The Labute approximate surface area is 109 Å². The van der Waals surface area contributed by atoms with Gasteiger partial charge in [-0.25, -0.2) is 0 Å². The predicted octanol–water partition coefficient (Wildman–Crippen LogP) is 3.78. The minimum absolute atomic E-state index is 0.686. The molecule has 0 atom stereocenters. The van der Waals surface area contributed by atoms with E-state index in [0.717, 1.165) is 37.3 Å². The van der Waals surface area contributed by atoms with Crippen LogP contribution in [-0.2, 0) is 12.8 Å². The highest BCUT2D eigenvalue weighted by Gasteiger charge is 2.05. The van der Waals surface area contributed by atoms with Crippen molar-refractivity contribution in [2.24, 2.45) is 5.92 Å². The average Bonchev–Trinajstić information content (AvgIpc) is 2.70. The van der Waals surface area contributed by atoms with Gasteiger partial charge in [0.1, 0.15) is 11.3 Å². The normalized spacial score (nSPS) is 11.6. The van der Waals surface area contributed by atoms with Crippen molar-refractivity contribution in [2.75, 3.05) is 13.1 Å². The first-order chi connectivity index (χ1) is 8.69. The number of furan rings is 1. The van der Waals surface area contributed by atoms with E-state index in [1.54, 1.807) is 0 Å². The fraction of sp³-hybridized carbons (Fsp3) is 0.500. The summed E-state index contributed by atoms with van der Waals surface area (Å²) in [4.78, 5) is 0. The van der Waals surface area contributed by atoms with Gasteiger partial charge >= 0.3 is 0 Å². The molecule has 0 radical (unpaired) electrons. The van der Waals surface area contributed by atoms with E-state index in [1.165, 1.54) is 10.9 Å². The molecule has 0 aliphatic heterocycles. The van der Waals surface area contributed by atoms with E-state index in [9.17, 15) is 0 Å².